The van der Waals surface area contributed by atoms with Crippen molar-refractivity contribution in [1.29, 1.82) is 0 Å². The zero-order chi connectivity index (χ0) is 19.1. The van der Waals surface area contributed by atoms with Crippen molar-refractivity contribution >= 4 is 17.7 Å². The zero-order valence-corrected chi connectivity index (χ0v) is 15.5. The molecule has 1 aromatic rings. The molecule has 6 heteroatoms. The van der Waals surface area contributed by atoms with Gasteiger partial charge in [0.25, 0.3) is 5.91 Å². The Morgan fingerprint density at radius 2 is 2.07 bits per heavy atom. The number of nitrogens with one attached hydrogen (secondary N) is 1. The number of nitrogens with zero attached hydrogens (tertiary/aromatic N) is 1. The van der Waals surface area contributed by atoms with Gasteiger partial charge in [0, 0.05) is 36.7 Å². The summed E-state index contributed by atoms with van der Waals surface area (Å²) in [5.74, 6) is -1.38. The largest absolute Gasteiger partial charge is 0.466 e. The van der Waals surface area contributed by atoms with E-state index < -0.39 is 11.9 Å². The molecule has 1 aromatic carbocycles. The number of benzene rings is 1. The lowest BCUT2D eigenvalue weighted by Gasteiger charge is -2.43. The van der Waals surface area contributed by atoms with Gasteiger partial charge in [-0.25, -0.2) is 4.79 Å². The molecule has 4 rings (SSSR count). The Kier molecular flexibility index (Phi) is 4.34. The summed E-state index contributed by atoms with van der Waals surface area (Å²) >= 11 is 0. The van der Waals surface area contributed by atoms with Crippen molar-refractivity contribution < 1.29 is 19.1 Å². The summed E-state index contributed by atoms with van der Waals surface area (Å²) in [5.41, 5.74) is 3.98. The molecule has 0 spiro atoms. The van der Waals surface area contributed by atoms with Crippen LogP contribution in [0, 0.1) is 6.92 Å². The fourth-order valence-electron chi connectivity index (χ4n) is 4.38. The number of fused-ring (bicyclic) bond motifs is 2. The van der Waals surface area contributed by atoms with E-state index in [1.807, 2.05) is 36.1 Å². The number of aryl methyl sites for hydroxylation is 1. The molecule has 1 amide bonds. The van der Waals surface area contributed by atoms with Crippen molar-refractivity contribution in [2.45, 2.75) is 32.1 Å². The number of ether oxygens (including phenoxy) is 1. The summed E-state index contributed by atoms with van der Waals surface area (Å²) in [5, 5.41) is 2.83. The topological polar surface area (TPSA) is 75.7 Å². The highest BCUT2D eigenvalue weighted by Gasteiger charge is 2.45. The highest BCUT2D eigenvalue weighted by molar-refractivity contribution is 6.09. The van der Waals surface area contributed by atoms with Crippen molar-refractivity contribution in [2.24, 2.45) is 0 Å². The SMILES string of the molecule is COC(=O)C1=C2C(=O)NCCN2C2=C(C(=O)CCC2)[C@@H]1c1cccc(C)c1. The molecule has 0 saturated carbocycles. The Hall–Kier alpha value is -2.89. The highest BCUT2D eigenvalue weighted by Crippen LogP contribution is 2.46. The third kappa shape index (κ3) is 2.76. The van der Waals surface area contributed by atoms with Gasteiger partial charge in [-0.05, 0) is 25.3 Å². The Morgan fingerprint density at radius 1 is 1.26 bits per heavy atom. The van der Waals surface area contributed by atoms with E-state index in [2.05, 4.69) is 5.32 Å². The van der Waals surface area contributed by atoms with Crippen LogP contribution in [-0.4, -0.2) is 42.8 Å². The van der Waals surface area contributed by atoms with Gasteiger partial charge in [-0.3, -0.25) is 9.59 Å². The molecule has 2 aliphatic heterocycles. The van der Waals surface area contributed by atoms with E-state index >= 15 is 0 Å². The first-order valence-electron chi connectivity index (χ1n) is 9.24. The number of Topliss-reactive ketones (excluding diaryl/α,β-unsaturated/α-hetero) is 1. The maximum atomic E-state index is 12.9. The molecule has 1 atom stereocenters. The molecule has 0 radical (unpaired) electrons. The number of rotatable bonds is 2. The smallest absolute Gasteiger partial charge is 0.337 e. The summed E-state index contributed by atoms with van der Waals surface area (Å²) in [4.78, 5) is 40.3. The molecule has 0 aromatic heterocycles. The predicted molar refractivity (Wildman–Crippen MR) is 98.6 cm³/mol. The van der Waals surface area contributed by atoms with Gasteiger partial charge in [0.2, 0.25) is 0 Å². The van der Waals surface area contributed by atoms with Crippen LogP contribution in [0.25, 0.3) is 0 Å². The maximum absolute atomic E-state index is 12.9. The monoisotopic (exact) mass is 366 g/mol. The Morgan fingerprint density at radius 3 is 2.81 bits per heavy atom. The quantitative estimate of drug-likeness (QED) is 0.810. The highest BCUT2D eigenvalue weighted by atomic mass is 16.5. The van der Waals surface area contributed by atoms with Gasteiger partial charge in [0.1, 0.15) is 5.70 Å². The number of amides is 1. The lowest BCUT2D eigenvalue weighted by molar-refractivity contribution is -0.137. The summed E-state index contributed by atoms with van der Waals surface area (Å²) in [6.07, 6.45) is 1.96. The number of carbonyl (C=O) groups excluding carboxylic acids is 3. The number of allylic oxidation sites excluding steroid dienone is 2. The second-order valence-electron chi connectivity index (χ2n) is 7.15. The predicted octanol–water partition coefficient (Wildman–Crippen LogP) is 1.96. The van der Waals surface area contributed by atoms with E-state index in [0.717, 1.165) is 29.7 Å². The van der Waals surface area contributed by atoms with E-state index in [9.17, 15) is 14.4 Å². The molecule has 1 aliphatic carbocycles. The minimum atomic E-state index is -0.574. The average molecular weight is 366 g/mol. The summed E-state index contributed by atoms with van der Waals surface area (Å²) in [6, 6.07) is 7.75. The van der Waals surface area contributed by atoms with Crippen molar-refractivity contribution in [3.63, 3.8) is 0 Å². The van der Waals surface area contributed by atoms with Gasteiger partial charge in [0.15, 0.2) is 5.78 Å². The second-order valence-corrected chi connectivity index (χ2v) is 7.15. The first kappa shape index (κ1) is 17.5. The van der Waals surface area contributed by atoms with Gasteiger partial charge in [-0.15, -0.1) is 0 Å². The normalized spacial score (nSPS) is 22.3. The minimum Gasteiger partial charge on any atom is -0.466 e. The van der Waals surface area contributed by atoms with E-state index in [1.54, 1.807) is 0 Å². The summed E-state index contributed by atoms with van der Waals surface area (Å²) in [7, 11) is 1.31. The van der Waals surface area contributed by atoms with Crippen LogP contribution in [-0.2, 0) is 19.1 Å². The number of carbonyl (C=O) groups is 3. The van der Waals surface area contributed by atoms with Crippen molar-refractivity contribution in [3.05, 3.63) is 57.9 Å². The van der Waals surface area contributed by atoms with Crippen LogP contribution < -0.4 is 5.32 Å². The van der Waals surface area contributed by atoms with Crippen LogP contribution in [0.4, 0.5) is 0 Å². The van der Waals surface area contributed by atoms with Gasteiger partial charge in [-0.2, -0.15) is 0 Å². The molecule has 1 N–H and O–H groups in total. The number of hydrogen-bond donors (Lipinski definition) is 1. The first-order valence-corrected chi connectivity index (χ1v) is 9.24. The van der Waals surface area contributed by atoms with Crippen molar-refractivity contribution in [2.75, 3.05) is 20.2 Å². The molecule has 0 unspecified atom stereocenters. The molecule has 6 nitrogen and oxygen atoms in total. The molecule has 0 bridgehead atoms. The van der Waals surface area contributed by atoms with Crippen LogP contribution in [0.3, 0.4) is 0 Å². The lowest BCUT2D eigenvalue weighted by Crippen LogP contribution is -2.50. The minimum absolute atomic E-state index is 0.0502. The molecular formula is C21H22N2O4. The molecule has 140 valence electrons. The molecule has 27 heavy (non-hydrogen) atoms. The molecule has 1 fully saturated rings. The Bertz CT molecular complexity index is 913. The number of esters is 1. The molecule has 2 heterocycles. The molecule has 1 saturated heterocycles. The summed E-state index contributed by atoms with van der Waals surface area (Å²) < 4.78 is 5.05. The second kappa shape index (κ2) is 6.68. The van der Waals surface area contributed by atoms with E-state index in [-0.39, 0.29) is 17.3 Å². The third-order valence-corrected chi connectivity index (χ3v) is 5.47. The molecular weight excluding hydrogens is 344 g/mol. The van der Waals surface area contributed by atoms with E-state index in [0.29, 0.717) is 30.8 Å². The number of ketones is 1. The number of hydrogen-bond acceptors (Lipinski definition) is 5. The van der Waals surface area contributed by atoms with E-state index in [4.69, 9.17) is 4.74 Å². The zero-order valence-electron chi connectivity index (χ0n) is 15.5. The van der Waals surface area contributed by atoms with Gasteiger partial charge in [0.05, 0.1) is 12.7 Å². The van der Waals surface area contributed by atoms with Crippen molar-refractivity contribution in [1.82, 2.24) is 10.2 Å². The van der Waals surface area contributed by atoms with Crippen LogP contribution in [0.15, 0.2) is 46.8 Å². The Balaban J connectivity index is 2.02. The Labute approximate surface area is 157 Å². The van der Waals surface area contributed by atoms with Gasteiger partial charge in [-0.1, -0.05) is 29.8 Å². The van der Waals surface area contributed by atoms with Crippen LogP contribution in [0.5, 0.6) is 0 Å². The fourth-order valence-corrected chi connectivity index (χ4v) is 4.38. The summed E-state index contributed by atoms with van der Waals surface area (Å²) in [6.45, 7) is 3.00. The number of methoxy groups -OCH3 is 1. The first-order chi connectivity index (χ1) is 13.0. The lowest BCUT2D eigenvalue weighted by atomic mass is 9.74. The fraction of sp³-hybridized carbons (Fsp3) is 0.381. The van der Waals surface area contributed by atoms with Gasteiger partial charge >= 0.3 is 5.97 Å². The average Bonchev–Trinajstić information content (AvgIpc) is 2.67. The standard InChI is InChI=1S/C21H22N2O4/c1-12-5-3-6-13(11-12)16-17-14(7-4-8-15(17)24)23-10-9-22-20(25)19(23)18(16)21(26)27-2/h3,5-6,11,16H,4,7-10H2,1-2H3,(H,22,25)/t16-/m0/s1. The van der Waals surface area contributed by atoms with Gasteiger partial charge < -0.3 is 15.0 Å². The van der Waals surface area contributed by atoms with Crippen LogP contribution in [0.2, 0.25) is 0 Å². The number of piperazine rings is 1. The maximum Gasteiger partial charge on any atom is 0.337 e. The third-order valence-electron chi connectivity index (χ3n) is 5.47. The van der Waals surface area contributed by atoms with Crippen molar-refractivity contribution in [3.8, 4) is 0 Å². The van der Waals surface area contributed by atoms with Crippen LogP contribution >= 0.6 is 0 Å². The van der Waals surface area contributed by atoms with E-state index in [1.165, 1.54) is 7.11 Å². The van der Waals surface area contributed by atoms with Crippen LogP contribution in [0.1, 0.15) is 36.3 Å². The molecule has 3 aliphatic rings.